The van der Waals surface area contributed by atoms with Gasteiger partial charge in [-0.3, -0.25) is 14.6 Å². The molecule has 0 radical (unpaired) electrons. The van der Waals surface area contributed by atoms with Crippen LogP contribution in [0.3, 0.4) is 0 Å². The van der Waals surface area contributed by atoms with Gasteiger partial charge in [-0.2, -0.15) is 0 Å². The first-order valence-corrected chi connectivity index (χ1v) is 12.0. The molecular formula is C27H35N3O4. The normalized spacial score (nSPS) is 18.3. The smallest absolute Gasteiger partial charge is 0.327 e. The van der Waals surface area contributed by atoms with Gasteiger partial charge >= 0.3 is 6.03 Å². The second-order valence-electron chi connectivity index (χ2n) is 9.69. The first-order valence-electron chi connectivity index (χ1n) is 12.0. The second kappa shape index (κ2) is 10.1. The lowest BCUT2D eigenvalue weighted by Crippen LogP contribution is -2.57. The van der Waals surface area contributed by atoms with E-state index in [1.54, 1.807) is 14.2 Å². The molecule has 4 rings (SSSR count). The van der Waals surface area contributed by atoms with E-state index < -0.39 is 5.54 Å². The van der Waals surface area contributed by atoms with Gasteiger partial charge in [0.1, 0.15) is 17.0 Å². The van der Waals surface area contributed by atoms with Crippen LogP contribution in [0.25, 0.3) is 0 Å². The van der Waals surface area contributed by atoms with Crippen LogP contribution in [0.2, 0.25) is 0 Å². The van der Waals surface area contributed by atoms with E-state index in [9.17, 15) is 9.59 Å². The van der Waals surface area contributed by atoms with Crippen LogP contribution >= 0.6 is 0 Å². The Balaban J connectivity index is 1.50. The largest absolute Gasteiger partial charge is 0.497 e. The van der Waals surface area contributed by atoms with Crippen molar-refractivity contribution in [1.29, 1.82) is 0 Å². The highest BCUT2D eigenvalue weighted by Gasteiger charge is 2.57. The van der Waals surface area contributed by atoms with Crippen LogP contribution in [-0.4, -0.2) is 66.0 Å². The zero-order valence-corrected chi connectivity index (χ0v) is 20.6. The summed E-state index contributed by atoms with van der Waals surface area (Å²) >= 11 is 0. The number of amides is 3. The Morgan fingerprint density at radius 1 is 0.882 bits per heavy atom. The lowest BCUT2D eigenvalue weighted by Gasteiger charge is -2.42. The molecule has 3 amide bonds. The van der Waals surface area contributed by atoms with Crippen LogP contribution in [0, 0.1) is 5.92 Å². The number of likely N-dealkylation sites (tertiary alicyclic amines) is 1. The van der Waals surface area contributed by atoms with E-state index in [2.05, 4.69) is 30.9 Å². The van der Waals surface area contributed by atoms with Crippen molar-refractivity contribution in [2.24, 2.45) is 5.92 Å². The molecule has 0 aliphatic carbocycles. The fourth-order valence-electron chi connectivity index (χ4n) is 5.05. The van der Waals surface area contributed by atoms with Crippen molar-refractivity contribution in [3.05, 3.63) is 59.7 Å². The maximum Gasteiger partial charge on any atom is 0.327 e. The molecular weight excluding hydrogens is 430 g/mol. The zero-order chi connectivity index (χ0) is 24.3. The molecule has 1 spiro atoms. The van der Waals surface area contributed by atoms with E-state index in [1.807, 2.05) is 41.3 Å². The summed E-state index contributed by atoms with van der Waals surface area (Å²) in [6, 6.07) is 15.5. The number of methoxy groups -OCH3 is 2. The molecule has 2 fully saturated rings. The highest BCUT2D eigenvalue weighted by molar-refractivity contribution is 6.07. The first-order chi connectivity index (χ1) is 16.4. The molecule has 0 bridgehead atoms. The summed E-state index contributed by atoms with van der Waals surface area (Å²) in [4.78, 5) is 32.9. The van der Waals surface area contributed by atoms with E-state index >= 15 is 0 Å². The summed E-state index contributed by atoms with van der Waals surface area (Å²) in [6.07, 6.45) is 1.29. The molecule has 2 aliphatic rings. The molecule has 2 aromatic rings. The molecule has 7 nitrogen and oxygen atoms in total. The van der Waals surface area contributed by atoms with E-state index in [1.165, 1.54) is 10.5 Å². The summed E-state index contributed by atoms with van der Waals surface area (Å²) in [5.41, 5.74) is 1.35. The minimum absolute atomic E-state index is 0.0602. The van der Waals surface area contributed by atoms with Crippen molar-refractivity contribution in [1.82, 2.24) is 14.7 Å². The summed E-state index contributed by atoms with van der Waals surface area (Å²) < 4.78 is 10.6. The van der Waals surface area contributed by atoms with Crippen LogP contribution in [0.15, 0.2) is 48.5 Å². The van der Waals surface area contributed by atoms with Gasteiger partial charge in [0.05, 0.1) is 20.8 Å². The molecule has 0 aromatic heterocycles. The highest BCUT2D eigenvalue weighted by atomic mass is 16.5. The van der Waals surface area contributed by atoms with Crippen molar-refractivity contribution in [2.75, 3.05) is 33.9 Å². The monoisotopic (exact) mass is 465 g/mol. The van der Waals surface area contributed by atoms with Crippen molar-refractivity contribution >= 4 is 11.9 Å². The van der Waals surface area contributed by atoms with Crippen LogP contribution in [0.5, 0.6) is 11.5 Å². The van der Waals surface area contributed by atoms with Gasteiger partial charge in [-0.15, -0.1) is 0 Å². The Morgan fingerprint density at radius 3 is 2.18 bits per heavy atom. The van der Waals surface area contributed by atoms with E-state index in [0.29, 0.717) is 19.4 Å². The van der Waals surface area contributed by atoms with Gasteiger partial charge in [0.2, 0.25) is 0 Å². The van der Waals surface area contributed by atoms with Crippen molar-refractivity contribution in [3.8, 4) is 11.5 Å². The van der Waals surface area contributed by atoms with Gasteiger partial charge in [-0.05, 0) is 54.2 Å². The highest BCUT2D eigenvalue weighted by Crippen LogP contribution is 2.39. The first kappa shape index (κ1) is 24.1. The average Bonchev–Trinajstić information content (AvgIpc) is 3.02. The van der Waals surface area contributed by atoms with Gasteiger partial charge in [-0.1, -0.05) is 38.1 Å². The number of urea groups is 1. The van der Waals surface area contributed by atoms with E-state index in [0.717, 1.165) is 36.7 Å². The summed E-state index contributed by atoms with van der Waals surface area (Å²) in [7, 11) is 3.30. The van der Waals surface area contributed by atoms with Crippen LogP contribution in [0.1, 0.15) is 37.8 Å². The summed E-state index contributed by atoms with van der Waals surface area (Å²) in [6.45, 7) is 7.38. The van der Waals surface area contributed by atoms with Gasteiger partial charge in [0, 0.05) is 26.2 Å². The van der Waals surface area contributed by atoms with Crippen LogP contribution in [-0.2, 0) is 17.9 Å². The lowest BCUT2D eigenvalue weighted by molar-refractivity contribution is -0.136. The number of carbonyl (C=O) groups is 2. The fraction of sp³-hybridized carbons (Fsp3) is 0.481. The minimum atomic E-state index is -0.751. The Bertz CT molecular complexity index is 1010. The van der Waals surface area contributed by atoms with Gasteiger partial charge < -0.3 is 14.4 Å². The number of hydrogen-bond donors (Lipinski definition) is 0. The average molecular weight is 466 g/mol. The molecule has 0 saturated carbocycles. The third-order valence-electron chi connectivity index (χ3n) is 6.89. The Kier molecular flexibility index (Phi) is 7.12. The number of ether oxygens (including phenoxy) is 2. The predicted octanol–water partition coefficient (Wildman–Crippen LogP) is 4.16. The molecule has 7 heteroatoms. The second-order valence-corrected chi connectivity index (χ2v) is 9.69. The fourth-order valence-corrected chi connectivity index (χ4v) is 5.05. The number of benzene rings is 2. The number of carbonyl (C=O) groups excluding carboxylic acids is 2. The molecule has 0 N–H and O–H groups in total. The quantitative estimate of drug-likeness (QED) is 0.548. The van der Waals surface area contributed by atoms with Crippen LogP contribution in [0.4, 0.5) is 4.79 Å². The van der Waals surface area contributed by atoms with Crippen LogP contribution < -0.4 is 9.47 Å². The topological polar surface area (TPSA) is 62.3 Å². The minimum Gasteiger partial charge on any atom is -0.497 e. The number of rotatable bonds is 8. The molecule has 182 valence electrons. The number of nitrogens with zero attached hydrogens (tertiary/aromatic N) is 3. The van der Waals surface area contributed by atoms with E-state index in [4.69, 9.17) is 9.47 Å². The molecule has 2 heterocycles. The molecule has 34 heavy (non-hydrogen) atoms. The molecule has 2 aromatic carbocycles. The van der Waals surface area contributed by atoms with Gasteiger partial charge in [0.15, 0.2) is 0 Å². The third-order valence-corrected chi connectivity index (χ3v) is 6.89. The van der Waals surface area contributed by atoms with Gasteiger partial charge in [-0.25, -0.2) is 4.79 Å². The molecule has 2 saturated heterocycles. The Morgan fingerprint density at radius 2 is 1.56 bits per heavy atom. The van der Waals surface area contributed by atoms with E-state index in [-0.39, 0.29) is 24.4 Å². The summed E-state index contributed by atoms with van der Waals surface area (Å²) in [5.74, 6) is 1.82. The molecule has 0 atom stereocenters. The maximum atomic E-state index is 13.8. The maximum absolute atomic E-state index is 13.8. The SMILES string of the molecule is COc1ccc(CN2C(=O)N(CC(C)C)C3(CCN(Cc4cccc(OC)c4)CC3)C2=O)cc1. The lowest BCUT2D eigenvalue weighted by atomic mass is 9.85. The number of hydrogen-bond acceptors (Lipinski definition) is 5. The Hall–Kier alpha value is -3.06. The van der Waals surface area contributed by atoms with Crippen molar-refractivity contribution < 1.29 is 19.1 Å². The van der Waals surface area contributed by atoms with Gasteiger partial charge in [0.25, 0.3) is 5.91 Å². The number of piperidine rings is 1. The Labute approximate surface area is 202 Å². The standard InChI is InChI=1S/C27H35N3O4/c1-20(2)17-30-26(32)29(19-21-8-10-23(33-3)11-9-21)25(31)27(30)12-14-28(15-13-27)18-22-6-5-7-24(16-22)34-4/h5-11,16,20H,12-15,17-19H2,1-4H3. The summed E-state index contributed by atoms with van der Waals surface area (Å²) in [5, 5.41) is 0. The van der Waals surface area contributed by atoms with Crippen molar-refractivity contribution in [3.63, 3.8) is 0 Å². The molecule has 2 aliphatic heterocycles. The van der Waals surface area contributed by atoms with Crippen molar-refractivity contribution in [2.45, 2.75) is 45.3 Å². The molecule has 0 unspecified atom stereocenters. The third kappa shape index (κ3) is 4.75. The zero-order valence-electron chi connectivity index (χ0n) is 20.6. The number of imide groups is 1. The predicted molar refractivity (Wildman–Crippen MR) is 131 cm³/mol.